The van der Waals surface area contributed by atoms with Crippen molar-refractivity contribution in [2.45, 2.75) is 6.42 Å². The van der Waals surface area contributed by atoms with Gasteiger partial charge in [0.2, 0.25) is 0 Å². The first-order valence-electron chi connectivity index (χ1n) is 4.71. The molecule has 1 aliphatic heterocycles. The maximum absolute atomic E-state index is 3.42. The summed E-state index contributed by atoms with van der Waals surface area (Å²) >= 11 is 0. The van der Waals surface area contributed by atoms with Gasteiger partial charge in [-0.2, -0.15) is 0 Å². The monoisotopic (exact) mass is 169 g/mol. The van der Waals surface area contributed by atoms with Crippen LogP contribution in [0, 0.1) is 0 Å². The molecule has 0 amide bonds. The van der Waals surface area contributed by atoms with Crippen LogP contribution in [0.15, 0.2) is 36.0 Å². The molecule has 0 bridgehead atoms. The van der Waals surface area contributed by atoms with E-state index in [1.165, 1.54) is 22.4 Å². The van der Waals surface area contributed by atoms with E-state index in [1.807, 2.05) is 0 Å². The van der Waals surface area contributed by atoms with Gasteiger partial charge < -0.3 is 5.32 Å². The van der Waals surface area contributed by atoms with Crippen molar-refractivity contribution < 1.29 is 0 Å². The molecule has 13 heavy (non-hydrogen) atoms. The van der Waals surface area contributed by atoms with E-state index in [9.17, 15) is 0 Å². The van der Waals surface area contributed by atoms with Gasteiger partial charge in [0.05, 0.1) is 0 Å². The van der Waals surface area contributed by atoms with Gasteiger partial charge in [0.25, 0.3) is 0 Å². The molecule has 64 valence electrons. The SMILES string of the molecule is C1=C2NCCC=C2c2ccccc21. The Bertz CT molecular complexity index is 413. The van der Waals surface area contributed by atoms with Crippen LogP contribution in [0.3, 0.4) is 0 Å². The summed E-state index contributed by atoms with van der Waals surface area (Å²) in [4.78, 5) is 0. The number of nitrogens with one attached hydrogen (secondary N) is 1. The number of rotatable bonds is 0. The first-order chi connectivity index (χ1) is 6.45. The molecular weight excluding hydrogens is 158 g/mol. The lowest BCUT2D eigenvalue weighted by Crippen LogP contribution is -2.17. The van der Waals surface area contributed by atoms with Gasteiger partial charge in [-0.1, -0.05) is 30.3 Å². The molecule has 0 saturated heterocycles. The average Bonchev–Trinajstić information content (AvgIpc) is 2.56. The highest BCUT2D eigenvalue weighted by Crippen LogP contribution is 2.35. The predicted molar refractivity (Wildman–Crippen MR) is 55.0 cm³/mol. The van der Waals surface area contributed by atoms with Crippen LogP contribution >= 0.6 is 0 Å². The normalized spacial score (nSPS) is 18.2. The summed E-state index contributed by atoms with van der Waals surface area (Å²) in [5, 5.41) is 3.42. The van der Waals surface area contributed by atoms with Crippen LogP contribution in [0.4, 0.5) is 0 Å². The molecule has 0 unspecified atom stereocenters. The molecule has 2 aliphatic rings. The Morgan fingerprint density at radius 3 is 3.08 bits per heavy atom. The van der Waals surface area contributed by atoms with Crippen molar-refractivity contribution >= 4 is 11.6 Å². The summed E-state index contributed by atoms with van der Waals surface area (Å²) in [5.41, 5.74) is 5.41. The van der Waals surface area contributed by atoms with Gasteiger partial charge >= 0.3 is 0 Å². The molecule has 1 aliphatic carbocycles. The molecule has 0 atom stereocenters. The van der Waals surface area contributed by atoms with Gasteiger partial charge in [0, 0.05) is 17.8 Å². The summed E-state index contributed by atoms with van der Waals surface area (Å²) in [6.45, 7) is 1.07. The number of allylic oxidation sites excluding steroid dienone is 1. The van der Waals surface area contributed by atoms with E-state index >= 15 is 0 Å². The maximum atomic E-state index is 3.42. The molecule has 1 heterocycles. The summed E-state index contributed by atoms with van der Waals surface area (Å²) in [6, 6.07) is 8.56. The third-order valence-electron chi connectivity index (χ3n) is 2.65. The maximum Gasteiger partial charge on any atom is 0.0423 e. The van der Waals surface area contributed by atoms with Crippen molar-refractivity contribution in [2.75, 3.05) is 6.54 Å². The minimum atomic E-state index is 1.07. The minimum Gasteiger partial charge on any atom is -0.384 e. The highest BCUT2D eigenvalue weighted by Gasteiger charge is 2.19. The number of benzene rings is 1. The zero-order valence-electron chi connectivity index (χ0n) is 7.38. The lowest BCUT2D eigenvalue weighted by molar-refractivity contribution is 0.811. The Kier molecular flexibility index (Phi) is 1.33. The van der Waals surface area contributed by atoms with E-state index < -0.39 is 0 Å². The topological polar surface area (TPSA) is 12.0 Å². The summed E-state index contributed by atoms with van der Waals surface area (Å²) in [6.07, 6.45) is 5.70. The second-order valence-electron chi connectivity index (χ2n) is 3.48. The summed E-state index contributed by atoms with van der Waals surface area (Å²) in [5.74, 6) is 0. The van der Waals surface area contributed by atoms with Crippen molar-refractivity contribution in [3.05, 3.63) is 47.2 Å². The van der Waals surface area contributed by atoms with E-state index in [0.29, 0.717) is 0 Å². The molecule has 0 saturated carbocycles. The lowest BCUT2D eigenvalue weighted by Gasteiger charge is -2.14. The molecule has 0 radical (unpaired) electrons. The fourth-order valence-corrected chi connectivity index (χ4v) is 2.04. The standard InChI is InChI=1S/C12H11N/c1-2-5-10-9(4-1)8-12-11(10)6-3-7-13-12/h1-2,4-6,8,13H,3,7H2. The van der Waals surface area contributed by atoms with Crippen LogP contribution in [0.5, 0.6) is 0 Å². The number of fused-ring (bicyclic) bond motifs is 3. The third-order valence-corrected chi connectivity index (χ3v) is 2.65. The molecule has 1 aromatic carbocycles. The Balaban J connectivity index is 2.23. The molecule has 0 aromatic heterocycles. The molecule has 3 rings (SSSR count). The van der Waals surface area contributed by atoms with Crippen molar-refractivity contribution in [3.8, 4) is 0 Å². The van der Waals surface area contributed by atoms with E-state index in [2.05, 4.69) is 41.7 Å². The van der Waals surface area contributed by atoms with E-state index in [-0.39, 0.29) is 0 Å². The van der Waals surface area contributed by atoms with Crippen molar-refractivity contribution in [3.63, 3.8) is 0 Å². The molecule has 1 nitrogen and oxygen atoms in total. The van der Waals surface area contributed by atoms with Crippen molar-refractivity contribution in [2.24, 2.45) is 0 Å². The Morgan fingerprint density at radius 2 is 2.08 bits per heavy atom. The molecular formula is C12H11N. The number of hydrogen-bond acceptors (Lipinski definition) is 1. The quantitative estimate of drug-likeness (QED) is 0.629. The summed E-state index contributed by atoms with van der Waals surface area (Å²) in [7, 11) is 0. The summed E-state index contributed by atoms with van der Waals surface area (Å²) < 4.78 is 0. The smallest absolute Gasteiger partial charge is 0.0423 e. The predicted octanol–water partition coefficient (Wildman–Crippen LogP) is 2.42. The van der Waals surface area contributed by atoms with Crippen LogP contribution in [0.25, 0.3) is 11.6 Å². The van der Waals surface area contributed by atoms with Crippen LogP contribution in [0.1, 0.15) is 17.5 Å². The van der Waals surface area contributed by atoms with Crippen molar-refractivity contribution in [1.82, 2.24) is 5.32 Å². The Morgan fingerprint density at radius 1 is 1.15 bits per heavy atom. The highest BCUT2D eigenvalue weighted by atomic mass is 14.9. The number of hydrogen-bond donors (Lipinski definition) is 1. The average molecular weight is 169 g/mol. The molecule has 1 heteroatoms. The van der Waals surface area contributed by atoms with Gasteiger partial charge in [-0.05, 0) is 23.6 Å². The van der Waals surface area contributed by atoms with Gasteiger partial charge in [0.15, 0.2) is 0 Å². The van der Waals surface area contributed by atoms with Crippen LogP contribution < -0.4 is 5.32 Å². The second kappa shape index (κ2) is 2.49. The Labute approximate surface area is 77.8 Å². The Hall–Kier alpha value is -1.50. The van der Waals surface area contributed by atoms with Crippen molar-refractivity contribution in [1.29, 1.82) is 0 Å². The lowest BCUT2D eigenvalue weighted by atomic mass is 10.0. The zero-order chi connectivity index (χ0) is 8.67. The van der Waals surface area contributed by atoms with Crippen LogP contribution in [-0.2, 0) is 0 Å². The van der Waals surface area contributed by atoms with Gasteiger partial charge in [-0.15, -0.1) is 0 Å². The first kappa shape index (κ1) is 6.96. The van der Waals surface area contributed by atoms with Gasteiger partial charge in [-0.25, -0.2) is 0 Å². The molecule has 1 aromatic rings. The highest BCUT2D eigenvalue weighted by molar-refractivity contribution is 5.94. The largest absolute Gasteiger partial charge is 0.384 e. The van der Waals surface area contributed by atoms with Gasteiger partial charge in [-0.3, -0.25) is 0 Å². The first-order valence-corrected chi connectivity index (χ1v) is 4.71. The fraction of sp³-hybridized carbons (Fsp3) is 0.167. The van der Waals surface area contributed by atoms with E-state index in [1.54, 1.807) is 0 Å². The van der Waals surface area contributed by atoms with Crippen LogP contribution in [-0.4, -0.2) is 6.54 Å². The minimum absolute atomic E-state index is 1.07. The fourth-order valence-electron chi connectivity index (χ4n) is 2.04. The van der Waals surface area contributed by atoms with Crippen LogP contribution in [0.2, 0.25) is 0 Å². The second-order valence-corrected chi connectivity index (χ2v) is 3.48. The van der Waals surface area contributed by atoms with Gasteiger partial charge in [0.1, 0.15) is 0 Å². The van der Waals surface area contributed by atoms with E-state index in [0.717, 1.165) is 13.0 Å². The molecule has 0 fully saturated rings. The van der Waals surface area contributed by atoms with E-state index in [4.69, 9.17) is 0 Å². The molecule has 1 N–H and O–H groups in total. The molecule has 0 spiro atoms. The third kappa shape index (κ3) is 0.934. The zero-order valence-corrected chi connectivity index (χ0v) is 7.38.